The summed E-state index contributed by atoms with van der Waals surface area (Å²) in [7, 11) is 0.713. The molecular formula is C24H26N2O6S. The molecule has 3 aromatic carbocycles. The zero-order valence-corrected chi connectivity index (χ0v) is 19.7. The van der Waals surface area contributed by atoms with Crippen molar-refractivity contribution in [1.29, 1.82) is 0 Å². The summed E-state index contributed by atoms with van der Waals surface area (Å²) in [4.78, 5) is 12.8. The Hall–Kier alpha value is -3.72. The molecule has 0 aliphatic heterocycles. The maximum Gasteiger partial charge on any atom is 0.262 e. The molecule has 9 heteroatoms. The SMILES string of the molecule is COc1ccc(NS(=O)(=O)c2cc(C(=O)NCc3cc(OC)ccc3OC)ccc2C)cc1. The molecule has 0 bridgehead atoms. The van der Waals surface area contributed by atoms with E-state index < -0.39 is 15.9 Å². The lowest BCUT2D eigenvalue weighted by Crippen LogP contribution is -2.24. The van der Waals surface area contributed by atoms with Crippen LogP contribution in [0.25, 0.3) is 0 Å². The summed E-state index contributed by atoms with van der Waals surface area (Å²) in [5, 5.41) is 2.80. The number of rotatable bonds is 9. The van der Waals surface area contributed by atoms with E-state index in [1.54, 1.807) is 75.7 Å². The number of amides is 1. The summed E-state index contributed by atoms with van der Waals surface area (Å²) in [6, 6.07) is 16.3. The highest BCUT2D eigenvalue weighted by molar-refractivity contribution is 7.92. The Kier molecular flexibility index (Phi) is 7.44. The molecule has 0 saturated heterocycles. The van der Waals surface area contributed by atoms with Crippen molar-refractivity contribution >= 4 is 21.6 Å². The van der Waals surface area contributed by atoms with Crippen LogP contribution in [0.5, 0.6) is 17.2 Å². The van der Waals surface area contributed by atoms with Crippen molar-refractivity contribution in [1.82, 2.24) is 5.32 Å². The molecule has 2 N–H and O–H groups in total. The maximum absolute atomic E-state index is 13.0. The highest BCUT2D eigenvalue weighted by Gasteiger charge is 2.20. The molecule has 174 valence electrons. The number of methoxy groups -OCH3 is 3. The minimum atomic E-state index is -3.91. The standard InChI is InChI=1S/C24H26N2O6S/c1-16-5-6-17(24(27)25-15-18-13-21(31-3)11-12-22(18)32-4)14-23(16)33(28,29)26-19-7-9-20(30-2)10-8-19/h5-14,26H,15H2,1-4H3,(H,25,27). The quantitative estimate of drug-likeness (QED) is 0.494. The summed E-state index contributed by atoms with van der Waals surface area (Å²) in [5.74, 6) is 1.43. The summed E-state index contributed by atoms with van der Waals surface area (Å²) in [6.07, 6.45) is 0. The number of anilines is 1. The van der Waals surface area contributed by atoms with Gasteiger partial charge in [-0.2, -0.15) is 0 Å². The molecule has 3 rings (SSSR count). The predicted octanol–water partition coefficient (Wildman–Crippen LogP) is 3.75. The van der Waals surface area contributed by atoms with Gasteiger partial charge in [-0.3, -0.25) is 9.52 Å². The number of ether oxygens (including phenoxy) is 3. The van der Waals surface area contributed by atoms with Gasteiger partial charge in [0.05, 0.1) is 26.2 Å². The van der Waals surface area contributed by atoms with E-state index in [0.717, 1.165) is 5.56 Å². The van der Waals surface area contributed by atoms with Gasteiger partial charge in [0.2, 0.25) is 0 Å². The molecule has 0 radical (unpaired) electrons. The van der Waals surface area contributed by atoms with Crippen molar-refractivity contribution in [2.24, 2.45) is 0 Å². The molecule has 0 atom stereocenters. The van der Waals surface area contributed by atoms with Gasteiger partial charge in [-0.15, -0.1) is 0 Å². The van der Waals surface area contributed by atoms with E-state index in [1.165, 1.54) is 13.2 Å². The largest absolute Gasteiger partial charge is 0.497 e. The van der Waals surface area contributed by atoms with Crippen molar-refractivity contribution in [2.45, 2.75) is 18.4 Å². The number of hydrogen-bond acceptors (Lipinski definition) is 6. The first-order valence-corrected chi connectivity index (χ1v) is 11.5. The second-order valence-corrected chi connectivity index (χ2v) is 8.83. The smallest absolute Gasteiger partial charge is 0.262 e. The molecule has 8 nitrogen and oxygen atoms in total. The minimum Gasteiger partial charge on any atom is -0.497 e. The van der Waals surface area contributed by atoms with Gasteiger partial charge < -0.3 is 19.5 Å². The molecule has 0 saturated carbocycles. The highest BCUT2D eigenvalue weighted by atomic mass is 32.2. The van der Waals surface area contributed by atoms with Crippen LogP contribution in [-0.2, 0) is 16.6 Å². The average molecular weight is 471 g/mol. The molecule has 0 aliphatic rings. The van der Waals surface area contributed by atoms with Gasteiger partial charge in [-0.1, -0.05) is 6.07 Å². The van der Waals surface area contributed by atoms with Crippen LogP contribution in [0, 0.1) is 6.92 Å². The molecule has 0 spiro atoms. The number of hydrogen-bond donors (Lipinski definition) is 2. The number of nitrogens with one attached hydrogen (secondary N) is 2. The lowest BCUT2D eigenvalue weighted by atomic mass is 10.1. The Morgan fingerprint density at radius 3 is 2.15 bits per heavy atom. The molecule has 0 aliphatic carbocycles. The Balaban J connectivity index is 1.79. The summed E-state index contributed by atoms with van der Waals surface area (Å²) in [5.41, 5.74) is 1.85. The molecule has 0 heterocycles. The number of carbonyl (C=O) groups excluding carboxylic acids is 1. The monoisotopic (exact) mass is 470 g/mol. The Morgan fingerprint density at radius 2 is 1.52 bits per heavy atom. The van der Waals surface area contributed by atoms with Gasteiger partial charge in [0, 0.05) is 23.4 Å². The van der Waals surface area contributed by atoms with Crippen LogP contribution < -0.4 is 24.2 Å². The van der Waals surface area contributed by atoms with Gasteiger partial charge in [-0.05, 0) is 67.1 Å². The fourth-order valence-corrected chi connectivity index (χ4v) is 4.53. The summed E-state index contributed by atoms with van der Waals surface area (Å²) < 4.78 is 44.1. The van der Waals surface area contributed by atoms with Crippen LogP contribution in [0.1, 0.15) is 21.5 Å². The lowest BCUT2D eigenvalue weighted by Gasteiger charge is -2.14. The third-order valence-corrected chi connectivity index (χ3v) is 6.53. The first-order chi connectivity index (χ1) is 15.8. The van der Waals surface area contributed by atoms with Crippen molar-refractivity contribution in [3.05, 3.63) is 77.4 Å². The topological polar surface area (TPSA) is 103 Å². The van der Waals surface area contributed by atoms with Crippen LogP contribution in [-0.4, -0.2) is 35.7 Å². The summed E-state index contributed by atoms with van der Waals surface area (Å²) >= 11 is 0. The van der Waals surface area contributed by atoms with Crippen molar-refractivity contribution in [3.8, 4) is 17.2 Å². The molecule has 1 amide bonds. The van der Waals surface area contributed by atoms with Crippen LogP contribution >= 0.6 is 0 Å². The Labute approximate surface area is 193 Å². The van der Waals surface area contributed by atoms with Crippen molar-refractivity contribution < 1.29 is 27.4 Å². The van der Waals surface area contributed by atoms with E-state index in [-0.39, 0.29) is 17.0 Å². The normalized spacial score (nSPS) is 10.9. The second-order valence-electron chi connectivity index (χ2n) is 7.17. The third-order valence-electron chi connectivity index (χ3n) is 5.01. The van der Waals surface area contributed by atoms with Gasteiger partial charge in [0.25, 0.3) is 15.9 Å². The zero-order chi connectivity index (χ0) is 24.0. The van der Waals surface area contributed by atoms with Crippen LogP contribution in [0.4, 0.5) is 5.69 Å². The maximum atomic E-state index is 13.0. The minimum absolute atomic E-state index is 0.0185. The van der Waals surface area contributed by atoms with Gasteiger partial charge in [0.15, 0.2) is 0 Å². The first-order valence-electron chi connectivity index (χ1n) is 10.0. The fourth-order valence-electron chi connectivity index (χ4n) is 3.20. The first kappa shape index (κ1) is 23.9. The van der Waals surface area contributed by atoms with E-state index in [1.807, 2.05) is 0 Å². The number of carbonyl (C=O) groups is 1. The molecular weight excluding hydrogens is 444 g/mol. The van der Waals surface area contributed by atoms with Gasteiger partial charge in [-0.25, -0.2) is 8.42 Å². The Morgan fingerprint density at radius 1 is 0.848 bits per heavy atom. The van der Waals surface area contributed by atoms with E-state index in [4.69, 9.17) is 14.2 Å². The van der Waals surface area contributed by atoms with Crippen molar-refractivity contribution in [3.63, 3.8) is 0 Å². The van der Waals surface area contributed by atoms with Crippen LogP contribution in [0.15, 0.2) is 65.6 Å². The second kappa shape index (κ2) is 10.3. The van der Waals surface area contributed by atoms with Gasteiger partial charge in [0.1, 0.15) is 17.2 Å². The predicted molar refractivity (Wildman–Crippen MR) is 126 cm³/mol. The molecule has 0 aromatic heterocycles. The number of aryl methyl sites for hydroxylation is 1. The highest BCUT2D eigenvalue weighted by Crippen LogP contribution is 2.25. The third kappa shape index (κ3) is 5.75. The fraction of sp³-hybridized carbons (Fsp3) is 0.208. The zero-order valence-electron chi connectivity index (χ0n) is 18.8. The molecule has 0 unspecified atom stereocenters. The van der Waals surface area contributed by atoms with E-state index >= 15 is 0 Å². The van der Waals surface area contributed by atoms with E-state index in [2.05, 4.69) is 10.0 Å². The van der Waals surface area contributed by atoms with E-state index in [9.17, 15) is 13.2 Å². The average Bonchev–Trinajstić information content (AvgIpc) is 2.82. The Bertz CT molecular complexity index is 1240. The van der Waals surface area contributed by atoms with Gasteiger partial charge >= 0.3 is 0 Å². The lowest BCUT2D eigenvalue weighted by molar-refractivity contribution is 0.0950. The molecule has 3 aromatic rings. The van der Waals surface area contributed by atoms with Crippen molar-refractivity contribution in [2.75, 3.05) is 26.1 Å². The number of benzene rings is 3. The number of sulfonamides is 1. The van der Waals surface area contributed by atoms with Crippen LogP contribution in [0.2, 0.25) is 0 Å². The van der Waals surface area contributed by atoms with E-state index in [0.29, 0.717) is 28.5 Å². The van der Waals surface area contributed by atoms with Crippen LogP contribution in [0.3, 0.4) is 0 Å². The molecule has 0 fully saturated rings. The molecule has 33 heavy (non-hydrogen) atoms. The summed E-state index contributed by atoms with van der Waals surface area (Å²) in [6.45, 7) is 1.85.